The first-order chi connectivity index (χ1) is 9.10. The monoisotopic (exact) mass is 268 g/mol. The molecule has 0 fully saturated rings. The largest absolute Gasteiger partial charge is 0.480 e. The van der Waals surface area contributed by atoms with Gasteiger partial charge in [-0.15, -0.1) is 0 Å². The summed E-state index contributed by atoms with van der Waals surface area (Å²) in [6.45, 7) is 5.60. The van der Waals surface area contributed by atoms with Crippen molar-refractivity contribution in [1.29, 1.82) is 0 Å². The maximum absolute atomic E-state index is 13.7. The van der Waals surface area contributed by atoms with Crippen molar-refractivity contribution >= 4 is 5.91 Å². The molecule has 0 heterocycles. The molecular formula is C14H21FN2O2. The second kappa shape index (κ2) is 7.74. The lowest BCUT2D eigenvalue weighted by molar-refractivity contribution is -0.131. The van der Waals surface area contributed by atoms with E-state index in [1.807, 2.05) is 13.8 Å². The summed E-state index contributed by atoms with van der Waals surface area (Å²) in [6, 6.07) is 4.75. The summed E-state index contributed by atoms with van der Waals surface area (Å²) in [4.78, 5) is 13.2. The van der Waals surface area contributed by atoms with Crippen molar-refractivity contribution in [1.82, 2.24) is 10.2 Å². The molecule has 0 aliphatic rings. The number of para-hydroxylation sites is 1. The minimum absolute atomic E-state index is 0.148. The molecule has 0 unspecified atom stereocenters. The van der Waals surface area contributed by atoms with Gasteiger partial charge in [0.2, 0.25) is 0 Å². The lowest BCUT2D eigenvalue weighted by Gasteiger charge is -2.16. The fraction of sp³-hybridized carbons (Fsp3) is 0.500. The van der Waals surface area contributed by atoms with E-state index in [4.69, 9.17) is 4.74 Å². The maximum atomic E-state index is 13.7. The highest BCUT2D eigenvalue weighted by Gasteiger charge is 2.13. The number of nitrogens with zero attached hydrogens (tertiary/aromatic N) is 1. The first-order valence-corrected chi connectivity index (χ1v) is 6.45. The maximum Gasteiger partial charge on any atom is 0.260 e. The van der Waals surface area contributed by atoms with E-state index in [-0.39, 0.29) is 18.3 Å². The molecule has 5 heteroatoms. The van der Waals surface area contributed by atoms with Crippen molar-refractivity contribution in [3.05, 3.63) is 29.6 Å². The van der Waals surface area contributed by atoms with Crippen LogP contribution >= 0.6 is 0 Å². The Kier molecular flexibility index (Phi) is 6.29. The zero-order valence-corrected chi connectivity index (χ0v) is 11.7. The topological polar surface area (TPSA) is 41.6 Å². The normalized spacial score (nSPS) is 10.3. The Labute approximate surface area is 113 Å². The number of likely N-dealkylation sites (N-methyl/N-ethyl adjacent to an activating group) is 1. The molecule has 0 bridgehead atoms. The van der Waals surface area contributed by atoms with Crippen LogP contribution in [-0.4, -0.2) is 37.6 Å². The Morgan fingerprint density at radius 2 is 2.16 bits per heavy atom. The predicted molar refractivity (Wildman–Crippen MR) is 72.6 cm³/mol. The third-order valence-corrected chi connectivity index (χ3v) is 2.85. The SMILES string of the molecule is CCNCc1cccc(F)c1OCC(=O)N(C)CC. The summed E-state index contributed by atoms with van der Waals surface area (Å²) in [6.07, 6.45) is 0. The van der Waals surface area contributed by atoms with Crippen molar-refractivity contribution in [3.63, 3.8) is 0 Å². The van der Waals surface area contributed by atoms with Crippen molar-refractivity contribution < 1.29 is 13.9 Å². The first-order valence-electron chi connectivity index (χ1n) is 6.45. The van der Waals surface area contributed by atoms with Crippen LogP contribution in [0.3, 0.4) is 0 Å². The second-order valence-corrected chi connectivity index (χ2v) is 4.21. The van der Waals surface area contributed by atoms with Crippen molar-refractivity contribution in [2.45, 2.75) is 20.4 Å². The smallest absolute Gasteiger partial charge is 0.260 e. The van der Waals surface area contributed by atoms with E-state index < -0.39 is 5.82 Å². The van der Waals surface area contributed by atoms with Gasteiger partial charge in [0.25, 0.3) is 5.91 Å². The highest BCUT2D eigenvalue weighted by Crippen LogP contribution is 2.22. The predicted octanol–water partition coefficient (Wildman–Crippen LogP) is 1.79. The summed E-state index contributed by atoms with van der Waals surface area (Å²) in [5.74, 6) is -0.455. The van der Waals surface area contributed by atoms with Crippen LogP contribution < -0.4 is 10.1 Å². The van der Waals surface area contributed by atoms with Crippen molar-refractivity contribution in [2.75, 3.05) is 26.7 Å². The number of carbonyl (C=O) groups excluding carboxylic acids is 1. The van der Waals surface area contributed by atoms with E-state index in [0.29, 0.717) is 18.7 Å². The van der Waals surface area contributed by atoms with Gasteiger partial charge in [0, 0.05) is 25.7 Å². The van der Waals surface area contributed by atoms with Crippen LogP contribution in [0.4, 0.5) is 4.39 Å². The number of nitrogens with one attached hydrogen (secondary N) is 1. The molecule has 0 aromatic heterocycles. The van der Waals surface area contributed by atoms with E-state index >= 15 is 0 Å². The molecule has 0 atom stereocenters. The fourth-order valence-corrected chi connectivity index (χ4v) is 1.53. The van der Waals surface area contributed by atoms with Crippen molar-refractivity contribution in [3.8, 4) is 5.75 Å². The molecule has 0 spiro atoms. The van der Waals surface area contributed by atoms with Gasteiger partial charge in [-0.2, -0.15) is 0 Å². The molecule has 106 valence electrons. The number of hydrogen-bond donors (Lipinski definition) is 1. The number of rotatable bonds is 7. The Morgan fingerprint density at radius 3 is 2.79 bits per heavy atom. The van der Waals surface area contributed by atoms with Crippen LogP contribution in [-0.2, 0) is 11.3 Å². The molecule has 4 nitrogen and oxygen atoms in total. The number of carbonyl (C=O) groups is 1. The number of benzene rings is 1. The van der Waals surface area contributed by atoms with Gasteiger partial charge in [-0.05, 0) is 19.5 Å². The van der Waals surface area contributed by atoms with Gasteiger partial charge in [-0.25, -0.2) is 4.39 Å². The molecule has 0 aliphatic carbocycles. The number of halogens is 1. The van der Waals surface area contributed by atoms with Crippen LogP contribution in [0, 0.1) is 5.82 Å². The zero-order chi connectivity index (χ0) is 14.3. The van der Waals surface area contributed by atoms with Gasteiger partial charge < -0.3 is 15.0 Å². The first kappa shape index (κ1) is 15.4. The molecule has 1 amide bonds. The average molecular weight is 268 g/mol. The minimum Gasteiger partial charge on any atom is -0.480 e. The van der Waals surface area contributed by atoms with Gasteiger partial charge in [0.15, 0.2) is 18.2 Å². The summed E-state index contributed by atoms with van der Waals surface area (Å²) < 4.78 is 19.1. The summed E-state index contributed by atoms with van der Waals surface area (Å²) >= 11 is 0. The van der Waals surface area contributed by atoms with Crippen molar-refractivity contribution in [2.24, 2.45) is 0 Å². The Balaban J connectivity index is 2.73. The van der Waals surface area contributed by atoms with Gasteiger partial charge in [0.05, 0.1) is 0 Å². The molecule has 1 N–H and O–H groups in total. The van der Waals surface area contributed by atoms with Crippen LogP contribution in [0.25, 0.3) is 0 Å². The van der Waals surface area contributed by atoms with E-state index in [9.17, 15) is 9.18 Å². The van der Waals surface area contributed by atoms with Crippen LogP contribution in [0.2, 0.25) is 0 Å². The van der Waals surface area contributed by atoms with Gasteiger partial charge in [0.1, 0.15) is 0 Å². The highest BCUT2D eigenvalue weighted by molar-refractivity contribution is 5.77. The van der Waals surface area contributed by atoms with Crippen LogP contribution in [0.15, 0.2) is 18.2 Å². The van der Waals surface area contributed by atoms with Crippen LogP contribution in [0.5, 0.6) is 5.75 Å². The van der Waals surface area contributed by atoms with Gasteiger partial charge >= 0.3 is 0 Å². The molecular weight excluding hydrogens is 247 g/mol. The Hall–Kier alpha value is -1.62. The van der Waals surface area contributed by atoms with Crippen LogP contribution in [0.1, 0.15) is 19.4 Å². The highest BCUT2D eigenvalue weighted by atomic mass is 19.1. The van der Waals surface area contributed by atoms with Gasteiger partial charge in [-0.1, -0.05) is 19.1 Å². The molecule has 0 aliphatic heterocycles. The minimum atomic E-state index is -0.442. The average Bonchev–Trinajstić information content (AvgIpc) is 2.42. The lowest BCUT2D eigenvalue weighted by Crippen LogP contribution is -2.31. The lowest BCUT2D eigenvalue weighted by atomic mass is 10.2. The third kappa shape index (κ3) is 4.52. The molecule has 1 rings (SSSR count). The molecule has 1 aromatic carbocycles. The van der Waals surface area contributed by atoms with E-state index in [2.05, 4.69) is 5.32 Å². The Bertz CT molecular complexity index is 424. The van der Waals surface area contributed by atoms with E-state index in [1.165, 1.54) is 11.0 Å². The Morgan fingerprint density at radius 1 is 1.42 bits per heavy atom. The molecule has 0 saturated carbocycles. The van der Waals surface area contributed by atoms with E-state index in [0.717, 1.165) is 6.54 Å². The molecule has 1 aromatic rings. The number of amides is 1. The standard InChI is InChI=1S/C14H21FN2O2/c1-4-16-9-11-7-6-8-12(15)14(11)19-10-13(18)17(3)5-2/h6-8,16H,4-5,9-10H2,1-3H3. The zero-order valence-electron chi connectivity index (χ0n) is 11.7. The summed E-state index contributed by atoms with van der Waals surface area (Å²) in [5.41, 5.74) is 0.716. The third-order valence-electron chi connectivity index (χ3n) is 2.85. The summed E-state index contributed by atoms with van der Waals surface area (Å²) in [7, 11) is 1.69. The quantitative estimate of drug-likeness (QED) is 0.820. The molecule has 0 saturated heterocycles. The van der Waals surface area contributed by atoms with E-state index in [1.54, 1.807) is 19.2 Å². The number of hydrogen-bond acceptors (Lipinski definition) is 3. The number of ether oxygens (including phenoxy) is 1. The van der Waals surface area contributed by atoms with Gasteiger partial charge in [-0.3, -0.25) is 4.79 Å². The molecule has 0 radical (unpaired) electrons. The summed E-state index contributed by atoms with van der Waals surface area (Å²) in [5, 5.41) is 3.11. The second-order valence-electron chi connectivity index (χ2n) is 4.21. The molecule has 19 heavy (non-hydrogen) atoms. The fourth-order valence-electron chi connectivity index (χ4n) is 1.53.